The third kappa shape index (κ3) is 25.0. The first-order valence-electron chi connectivity index (χ1n) is 22.4. The second-order valence-corrected chi connectivity index (χ2v) is 19.1. The number of nitrogens with one attached hydrogen (secondary N) is 3. The van der Waals surface area contributed by atoms with E-state index in [9.17, 15) is 47.0 Å². The minimum atomic E-state index is -4.61. The number of nitrogens with zero attached hydrogens (tertiary/aromatic N) is 5. The molecule has 0 aliphatic rings. The Morgan fingerprint density at radius 3 is 2.11 bits per heavy atom. The largest absolute Gasteiger partial charge is 0.480 e. The van der Waals surface area contributed by atoms with Gasteiger partial charge in [0.15, 0.2) is 6.10 Å². The molecule has 416 valence electrons. The summed E-state index contributed by atoms with van der Waals surface area (Å²) in [4.78, 5) is 86.6. The standard InChI is InChI=1S/C19H15ClF3NO7.C15H22ClNO2.C9H16ClN5.C3H8NO5P/c1-3-29-17(25)10(2)30-18(26)13-9-12(5-6-15(13)24(27)28)31-16-7-4-11(8-14(16)20)19(21,22)23;1-5-13-8-6-7-11(2)15(13)17(14(18)9-16)12(3)10-19-4;1-5-11-7-12-6(10)13-8(14-7)15-9(2,3)4;5-3(6)1-4-2-10(7,8)9/h4-10H,3H2,1-2H3;6-8,12H,5,9-10H2,1-4H3;5H2,1-4H3,(H2,11,12,13,14,15);4H,1-2H2,(H,5,6)(H2,7,8,9). The van der Waals surface area contributed by atoms with Crippen LogP contribution < -0.4 is 25.6 Å². The van der Waals surface area contributed by atoms with Crippen molar-refractivity contribution >= 4 is 89.5 Å². The maximum Gasteiger partial charge on any atom is 0.416 e. The highest BCUT2D eigenvalue weighted by Crippen LogP contribution is 2.38. The summed E-state index contributed by atoms with van der Waals surface area (Å²) < 4.78 is 68.4. The number of rotatable bonds is 20. The summed E-state index contributed by atoms with van der Waals surface area (Å²) in [6.45, 7) is 17.7. The van der Waals surface area contributed by atoms with Crippen molar-refractivity contribution in [3.63, 3.8) is 0 Å². The van der Waals surface area contributed by atoms with Crippen LogP contribution in [0, 0.1) is 17.0 Å². The number of alkyl halides is 4. The lowest BCUT2D eigenvalue weighted by Gasteiger charge is -2.31. The number of methoxy groups -OCH3 is 1. The van der Waals surface area contributed by atoms with Crippen LogP contribution in [-0.2, 0) is 45.8 Å². The first kappa shape index (κ1) is 67.1. The Morgan fingerprint density at radius 1 is 0.960 bits per heavy atom. The number of aliphatic carboxylic acids is 1. The van der Waals surface area contributed by atoms with Crippen LogP contribution in [0.3, 0.4) is 0 Å². The Kier molecular flexibility index (Phi) is 28.5. The van der Waals surface area contributed by atoms with E-state index in [1.807, 2.05) is 53.7 Å². The summed E-state index contributed by atoms with van der Waals surface area (Å²) in [5, 5.41) is 27.2. The fourth-order valence-electron chi connectivity index (χ4n) is 5.93. The molecular formula is C46H61Cl3F3N8O14P. The molecule has 0 aliphatic heterocycles. The van der Waals surface area contributed by atoms with E-state index in [1.165, 1.54) is 6.92 Å². The number of carbonyl (C=O) groups excluding carboxylic acids is 3. The molecule has 0 aliphatic carbocycles. The number of hydrogen-bond donors (Lipinski definition) is 6. The summed E-state index contributed by atoms with van der Waals surface area (Å²) in [5.74, 6) is -2.64. The zero-order valence-electron chi connectivity index (χ0n) is 42.6. The molecule has 0 spiro atoms. The maximum atomic E-state index is 12.8. The van der Waals surface area contributed by atoms with Crippen molar-refractivity contribution in [1.29, 1.82) is 0 Å². The molecule has 3 aromatic carbocycles. The molecule has 22 nitrogen and oxygen atoms in total. The lowest BCUT2D eigenvalue weighted by Crippen LogP contribution is -2.43. The van der Waals surface area contributed by atoms with Crippen molar-refractivity contribution in [2.75, 3.05) is 61.1 Å². The molecule has 0 fully saturated rings. The summed E-state index contributed by atoms with van der Waals surface area (Å²) in [6.07, 6.45) is -5.66. The van der Waals surface area contributed by atoms with Crippen LogP contribution >= 0.6 is 42.4 Å². The van der Waals surface area contributed by atoms with Crippen molar-refractivity contribution in [2.45, 2.75) is 92.6 Å². The number of anilines is 3. The van der Waals surface area contributed by atoms with Gasteiger partial charge < -0.3 is 49.4 Å². The third-order valence-corrected chi connectivity index (χ3v) is 10.3. The molecule has 0 saturated heterocycles. The van der Waals surface area contributed by atoms with Gasteiger partial charge in [0.2, 0.25) is 23.1 Å². The topological polar surface area (TPSA) is 304 Å². The van der Waals surface area contributed by atoms with Gasteiger partial charge in [-0.1, -0.05) is 36.7 Å². The van der Waals surface area contributed by atoms with Crippen LogP contribution in [-0.4, -0.2) is 122 Å². The lowest BCUT2D eigenvalue weighted by atomic mass is 10.0. The Morgan fingerprint density at radius 2 is 1.60 bits per heavy atom. The van der Waals surface area contributed by atoms with E-state index in [1.54, 1.807) is 18.9 Å². The number of amides is 1. The van der Waals surface area contributed by atoms with Gasteiger partial charge >= 0.3 is 31.7 Å². The van der Waals surface area contributed by atoms with E-state index in [4.69, 9.17) is 68.6 Å². The minimum absolute atomic E-state index is 0.0223. The van der Waals surface area contributed by atoms with E-state index >= 15 is 0 Å². The Hall–Kier alpha value is -5.92. The zero-order valence-corrected chi connectivity index (χ0v) is 45.7. The molecular weight excluding hydrogens is 1080 g/mol. The zero-order chi connectivity index (χ0) is 57.4. The molecule has 4 aromatic rings. The number of aryl methyl sites for hydroxylation is 2. The number of hydrogen-bond acceptors (Lipinski definition) is 17. The Bertz CT molecular complexity index is 2590. The van der Waals surface area contributed by atoms with Gasteiger partial charge in [-0.05, 0) is 109 Å². The van der Waals surface area contributed by atoms with Crippen molar-refractivity contribution < 1.29 is 75.7 Å². The molecule has 0 radical (unpaired) electrons. The van der Waals surface area contributed by atoms with Crippen molar-refractivity contribution in [3.8, 4) is 11.5 Å². The van der Waals surface area contributed by atoms with Crippen molar-refractivity contribution in [2.24, 2.45) is 0 Å². The number of nitro benzene ring substituents is 1. The van der Waals surface area contributed by atoms with E-state index in [2.05, 4.69) is 43.9 Å². The number of halogens is 6. The number of aromatic nitrogens is 3. The van der Waals surface area contributed by atoms with Gasteiger partial charge in [0, 0.05) is 31.3 Å². The molecule has 75 heavy (non-hydrogen) atoms. The van der Waals surface area contributed by atoms with Gasteiger partial charge in [0.1, 0.15) is 22.9 Å². The Balaban J connectivity index is 0.000000546. The van der Waals surface area contributed by atoms with Crippen LogP contribution in [0.15, 0.2) is 54.6 Å². The molecule has 29 heteroatoms. The van der Waals surface area contributed by atoms with Crippen LogP contribution in [0.1, 0.15) is 82.4 Å². The monoisotopic (exact) mass is 1140 g/mol. The summed E-state index contributed by atoms with van der Waals surface area (Å²) in [7, 11) is -2.46. The number of nitro groups is 1. The van der Waals surface area contributed by atoms with Gasteiger partial charge in [-0.3, -0.25) is 29.6 Å². The molecule has 2 unspecified atom stereocenters. The second kappa shape index (κ2) is 31.8. The average molecular weight is 1140 g/mol. The third-order valence-electron chi connectivity index (χ3n) is 8.97. The number of para-hydroxylation sites is 1. The highest BCUT2D eigenvalue weighted by molar-refractivity contribution is 7.51. The second-order valence-electron chi connectivity index (χ2n) is 16.4. The predicted octanol–water partition coefficient (Wildman–Crippen LogP) is 9.29. The Labute approximate surface area is 446 Å². The maximum absolute atomic E-state index is 12.8. The average Bonchev–Trinajstić information content (AvgIpc) is 3.29. The van der Waals surface area contributed by atoms with Crippen molar-refractivity contribution in [3.05, 3.63) is 97.3 Å². The molecule has 0 saturated carbocycles. The highest BCUT2D eigenvalue weighted by atomic mass is 35.5. The van der Waals surface area contributed by atoms with Gasteiger partial charge in [0.05, 0.1) is 53.3 Å². The summed E-state index contributed by atoms with van der Waals surface area (Å²) >= 11 is 17.4. The van der Waals surface area contributed by atoms with Gasteiger partial charge in [-0.2, -0.15) is 28.1 Å². The summed E-state index contributed by atoms with van der Waals surface area (Å²) in [5.41, 5.74) is 0.940. The number of carboxylic acids is 1. The van der Waals surface area contributed by atoms with E-state index in [0.29, 0.717) is 24.6 Å². The highest BCUT2D eigenvalue weighted by Gasteiger charge is 2.32. The molecule has 2 atom stereocenters. The van der Waals surface area contributed by atoms with E-state index in [-0.39, 0.29) is 51.8 Å². The number of benzene rings is 3. The molecule has 1 heterocycles. The quantitative estimate of drug-likeness (QED) is 0.0158. The molecule has 1 amide bonds. The SMILES string of the molecule is CCNc1nc(Cl)nc(NC(C)(C)C)n1.CCOC(=O)C(C)OC(=O)c1cc(Oc2ccc(C(F)(F)F)cc2Cl)ccc1[N+](=O)[O-].CCc1cccc(C)c1N(C(=O)CCl)C(C)COC.O=C(O)CNCP(=O)(O)O. The van der Waals surface area contributed by atoms with Gasteiger partial charge in [-0.15, -0.1) is 11.6 Å². The summed E-state index contributed by atoms with van der Waals surface area (Å²) in [6, 6.07) is 11.4. The first-order chi connectivity index (χ1) is 34.8. The molecule has 0 bridgehead atoms. The number of esters is 2. The fourth-order valence-corrected chi connectivity index (χ4v) is 6.84. The molecule has 4 rings (SSSR count). The number of carboxylic acid groups (broad SMARTS) is 1. The van der Waals surface area contributed by atoms with Gasteiger partial charge in [-0.25, -0.2) is 9.59 Å². The van der Waals surface area contributed by atoms with Gasteiger partial charge in [0.25, 0.3) is 5.69 Å². The van der Waals surface area contributed by atoms with E-state index in [0.717, 1.165) is 60.1 Å². The smallest absolute Gasteiger partial charge is 0.416 e. The van der Waals surface area contributed by atoms with Crippen LogP contribution in [0.4, 0.5) is 36.4 Å². The van der Waals surface area contributed by atoms with Crippen LogP contribution in [0.2, 0.25) is 10.3 Å². The van der Waals surface area contributed by atoms with Crippen molar-refractivity contribution in [1.82, 2.24) is 20.3 Å². The molecule has 1 aromatic heterocycles. The predicted molar refractivity (Wildman–Crippen MR) is 276 cm³/mol. The first-order valence-corrected chi connectivity index (χ1v) is 25.5. The number of ether oxygens (including phenoxy) is 4. The minimum Gasteiger partial charge on any atom is -0.480 e. The van der Waals surface area contributed by atoms with Crippen LogP contribution in [0.25, 0.3) is 0 Å². The fraction of sp³-hybridized carbons (Fsp3) is 0.457. The molecule has 6 N–H and O–H groups in total. The number of carbonyl (C=O) groups is 4. The normalized spacial score (nSPS) is 11.9. The van der Waals surface area contributed by atoms with E-state index < -0.39 is 72.4 Å². The lowest BCUT2D eigenvalue weighted by molar-refractivity contribution is -0.385. The van der Waals surface area contributed by atoms with Crippen LogP contribution in [0.5, 0.6) is 11.5 Å².